The van der Waals surface area contributed by atoms with Crippen molar-refractivity contribution >= 4 is 17.4 Å². The number of halogens is 2. The Bertz CT molecular complexity index is 357. The highest BCUT2D eigenvalue weighted by Gasteiger charge is 2.36. The predicted octanol–water partition coefficient (Wildman–Crippen LogP) is 2.10. The summed E-state index contributed by atoms with van der Waals surface area (Å²) in [6.45, 7) is 3.34. The van der Waals surface area contributed by atoms with Crippen molar-refractivity contribution in [2.75, 3.05) is 12.3 Å². The van der Waals surface area contributed by atoms with Crippen LogP contribution in [0.15, 0.2) is 12.3 Å². The van der Waals surface area contributed by atoms with E-state index < -0.39 is 5.67 Å². The molecule has 1 unspecified atom stereocenters. The Morgan fingerprint density at radius 2 is 2.20 bits per heavy atom. The molecule has 4 N–H and O–H groups in total. The minimum Gasteiger partial charge on any atom is -0.383 e. The molecule has 0 bridgehead atoms. The summed E-state index contributed by atoms with van der Waals surface area (Å²) in [5, 5.41) is 0.357. The number of hydrogen-bond acceptors (Lipinski definition) is 3. The summed E-state index contributed by atoms with van der Waals surface area (Å²) in [5.41, 5.74) is 9.67. The Labute approximate surface area is 93.6 Å². The van der Waals surface area contributed by atoms with Crippen LogP contribution in [0.2, 0.25) is 5.02 Å². The number of nitrogens with zero attached hydrogens (tertiary/aromatic N) is 1. The second-order valence-electron chi connectivity index (χ2n) is 3.81. The van der Waals surface area contributed by atoms with E-state index in [4.69, 9.17) is 23.1 Å². The van der Waals surface area contributed by atoms with Gasteiger partial charge in [0.2, 0.25) is 0 Å². The third-order valence-corrected chi connectivity index (χ3v) is 2.75. The zero-order chi connectivity index (χ0) is 11.6. The maximum absolute atomic E-state index is 14.5. The molecule has 0 amide bonds. The molecule has 0 spiro atoms. The Morgan fingerprint density at radius 3 is 2.67 bits per heavy atom. The van der Waals surface area contributed by atoms with E-state index in [0.717, 1.165) is 0 Å². The predicted molar refractivity (Wildman–Crippen MR) is 60.3 cm³/mol. The fourth-order valence-electron chi connectivity index (χ4n) is 1.44. The third-order valence-electron chi connectivity index (χ3n) is 2.55. The van der Waals surface area contributed by atoms with E-state index >= 15 is 0 Å². The number of pyridine rings is 1. The molecule has 1 heterocycles. The maximum Gasteiger partial charge on any atom is 0.153 e. The van der Waals surface area contributed by atoms with E-state index in [9.17, 15) is 4.39 Å². The summed E-state index contributed by atoms with van der Waals surface area (Å²) in [7, 11) is 0. The van der Waals surface area contributed by atoms with Gasteiger partial charge in [-0.2, -0.15) is 0 Å². The first-order chi connectivity index (χ1) is 6.91. The molecular formula is C10H15ClFN3. The molecule has 15 heavy (non-hydrogen) atoms. The summed E-state index contributed by atoms with van der Waals surface area (Å²) in [5.74, 6) is -0.147. The summed E-state index contributed by atoms with van der Waals surface area (Å²) >= 11 is 5.76. The van der Waals surface area contributed by atoms with Crippen molar-refractivity contribution in [3.8, 4) is 0 Å². The van der Waals surface area contributed by atoms with Gasteiger partial charge in [0.1, 0.15) is 5.82 Å². The molecule has 1 aromatic heterocycles. The molecule has 84 valence electrons. The lowest BCUT2D eigenvalue weighted by Crippen LogP contribution is -2.36. The lowest BCUT2D eigenvalue weighted by Gasteiger charge is -2.29. The molecule has 0 aliphatic rings. The van der Waals surface area contributed by atoms with Crippen LogP contribution in [0, 0.1) is 5.92 Å². The first-order valence-electron chi connectivity index (χ1n) is 4.72. The van der Waals surface area contributed by atoms with Gasteiger partial charge in [-0.25, -0.2) is 9.37 Å². The molecule has 0 saturated heterocycles. The lowest BCUT2D eigenvalue weighted by atomic mass is 9.85. The van der Waals surface area contributed by atoms with Gasteiger partial charge in [0, 0.05) is 18.3 Å². The smallest absolute Gasteiger partial charge is 0.153 e. The van der Waals surface area contributed by atoms with Crippen molar-refractivity contribution in [1.29, 1.82) is 0 Å². The molecule has 3 nitrogen and oxygen atoms in total. The number of anilines is 1. The minimum absolute atomic E-state index is 0.140. The summed E-state index contributed by atoms with van der Waals surface area (Å²) in [4.78, 5) is 3.83. The monoisotopic (exact) mass is 231 g/mol. The Hall–Kier alpha value is -0.870. The second kappa shape index (κ2) is 4.33. The van der Waals surface area contributed by atoms with Crippen LogP contribution in [0.4, 0.5) is 10.2 Å². The Morgan fingerprint density at radius 1 is 1.60 bits per heavy atom. The average Bonchev–Trinajstić information content (AvgIpc) is 2.20. The number of hydrogen-bond donors (Lipinski definition) is 2. The van der Waals surface area contributed by atoms with E-state index in [-0.39, 0.29) is 23.8 Å². The van der Waals surface area contributed by atoms with Gasteiger partial charge in [-0.3, -0.25) is 0 Å². The summed E-state index contributed by atoms with van der Waals surface area (Å²) < 4.78 is 14.5. The van der Waals surface area contributed by atoms with Crippen LogP contribution in [-0.4, -0.2) is 11.5 Å². The highest BCUT2D eigenvalue weighted by molar-refractivity contribution is 6.30. The van der Waals surface area contributed by atoms with Gasteiger partial charge in [0.05, 0.1) is 5.02 Å². The number of nitrogen functional groups attached to an aromatic ring is 1. The van der Waals surface area contributed by atoms with Gasteiger partial charge in [-0.1, -0.05) is 25.4 Å². The molecule has 0 saturated carbocycles. The van der Waals surface area contributed by atoms with Crippen molar-refractivity contribution in [2.45, 2.75) is 19.5 Å². The SMILES string of the molecule is CC(C)C(F)(CN)c1cc(Cl)cnc1N. The standard InChI is InChI=1S/C10H15ClFN3/c1-6(2)10(12,5-13)8-3-7(11)4-15-9(8)14/h3-4,6H,5,13H2,1-2H3,(H2,14,15). The van der Waals surface area contributed by atoms with E-state index in [1.54, 1.807) is 13.8 Å². The van der Waals surface area contributed by atoms with Gasteiger partial charge in [-0.15, -0.1) is 0 Å². The van der Waals surface area contributed by atoms with Crippen molar-refractivity contribution in [3.05, 3.63) is 22.8 Å². The zero-order valence-electron chi connectivity index (χ0n) is 8.80. The van der Waals surface area contributed by atoms with E-state index in [1.165, 1.54) is 12.3 Å². The largest absolute Gasteiger partial charge is 0.383 e. The minimum atomic E-state index is -1.68. The molecule has 0 radical (unpaired) electrons. The normalized spacial score (nSPS) is 15.3. The van der Waals surface area contributed by atoms with Gasteiger partial charge >= 0.3 is 0 Å². The molecule has 0 aromatic carbocycles. The topological polar surface area (TPSA) is 64.9 Å². The van der Waals surface area contributed by atoms with Crippen molar-refractivity contribution < 1.29 is 4.39 Å². The van der Waals surface area contributed by atoms with Gasteiger partial charge in [-0.05, 0) is 12.0 Å². The molecular weight excluding hydrogens is 217 g/mol. The fourth-order valence-corrected chi connectivity index (χ4v) is 1.60. The lowest BCUT2D eigenvalue weighted by molar-refractivity contribution is 0.110. The summed E-state index contributed by atoms with van der Waals surface area (Å²) in [6.07, 6.45) is 1.39. The molecule has 5 heteroatoms. The molecule has 0 fully saturated rings. The van der Waals surface area contributed by atoms with Crippen molar-refractivity contribution in [1.82, 2.24) is 4.98 Å². The highest BCUT2D eigenvalue weighted by Crippen LogP contribution is 2.36. The van der Waals surface area contributed by atoms with Crippen molar-refractivity contribution in [3.63, 3.8) is 0 Å². The van der Waals surface area contributed by atoms with Crippen LogP contribution >= 0.6 is 11.6 Å². The van der Waals surface area contributed by atoms with Gasteiger partial charge in [0.25, 0.3) is 0 Å². The number of aromatic nitrogens is 1. The molecule has 1 rings (SSSR count). The van der Waals surface area contributed by atoms with E-state index in [2.05, 4.69) is 4.98 Å². The maximum atomic E-state index is 14.5. The van der Waals surface area contributed by atoms with Crippen LogP contribution < -0.4 is 11.5 Å². The quantitative estimate of drug-likeness (QED) is 0.837. The molecule has 0 aliphatic heterocycles. The molecule has 1 atom stereocenters. The summed E-state index contributed by atoms with van der Waals surface area (Å²) in [6, 6.07) is 1.48. The highest BCUT2D eigenvalue weighted by atomic mass is 35.5. The number of rotatable bonds is 3. The van der Waals surface area contributed by atoms with Crippen LogP contribution in [0.3, 0.4) is 0 Å². The first kappa shape index (κ1) is 12.2. The first-order valence-corrected chi connectivity index (χ1v) is 5.10. The van der Waals surface area contributed by atoms with Gasteiger partial charge in [0.15, 0.2) is 5.67 Å². The average molecular weight is 232 g/mol. The van der Waals surface area contributed by atoms with Gasteiger partial charge < -0.3 is 11.5 Å². The number of alkyl halides is 1. The van der Waals surface area contributed by atoms with Crippen LogP contribution in [-0.2, 0) is 5.67 Å². The van der Waals surface area contributed by atoms with E-state index in [0.29, 0.717) is 5.02 Å². The molecule has 1 aromatic rings. The fraction of sp³-hybridized carbons (Fsp3) is 0.500. The molecule has 0 aliphatic carbocycles. The Balaban J connectivity index is 3.29. The van der Waals surface area contributed by atoms with Crippen LogP contribution in [0.25, 0.3) is 0 Å². The van der Waals surface area contributed by atoms with Crippen LogP contribution in [0.5, 0.6) is 0 Å². The zero-order valence-corrected chi connectivity index (χ0v) is 9.55. The van der Waals surface area contributed by atoms with Crippen LogP contribution in [0.1, 0.15) is 19.4 Å². The van der Waals surface area contributed by atoms with Crippen molar-refractivity contribution in [2.24, 2.45) is 11.7 Å². The third kappa shape index (κ3) is 2.21. The Kier molecular flexibility index (Phi) is 3.52. The second-order valence-corrected chi connectivity index (χ2v) is 4.24. The van der Waals surface area contributed by atoms with E-state index in [1.807, 2.05) is 0 Å². The number of nitrogens with two attached hydrogens (primary N) is 2.